The van der Waals surface area contributed by atoms with Gasteiger partial charge in [0.2, 0.25) is 0 Å². The van der Waals surface area contributed by atoms with E-state index >= 15 is 0 Å². The Labute approximate surface area is 91.4 Å². The fourth-order valence-electron chi connectivity index (χ4n) is 0. The van der Waals surface area contributed by atoms with Crippen LogP contribution in [0.5, 0.6) is 0 Å². The van der Waals surface area contributed by atoms with E-state index in [1.807, 2.05) is 0 Å². The summed E-state index contributed by atoms with van der Waals surface area (Å²) in [5, 5.41) is 0. The number of phosphoric acid groups is 2. The van der Waals surface area contributed by atoms with Crippen molar-refractivity contribution in [1.29, 1.82) is 0 Å². The van der Waals surface area contributed by atoms with Gasteiger partial charge in [0.25, 0.3) is 0 Å². The summed E-state index contributed by atoms with van der Waals surface area (Å²) in [6, 6.07) is 0. The molecule has 0 saturated carbocycles. The average Bonchev–Trinajstić information content (AvgIpc) is 1.12. The number of hydrogen-bond acceptors (Lipinski definition) is 4. The van der Waals surface area contributed by atoms with Gasteiger partial charge in [0.15, 0.2) is 0 Å². The Kier molecular flexibility index (Phi) is 11.5. The molecule has 8 nitrogen and oxygen atoms in total. The maximum absolute atomic E-state index is 8.88. The van der Waals surface area contributed by atoms with E-state index in [0.29, 0.717) is 0 Å². The van der Waals surface area contributed by atoms with Gasteiger partial charge in [0.1, 0.15) is 0 Å². The molecule has 0 radical (unpaired) electrons. The molecule has 0 atom stereocenters. The van der Waals surface area contributed by atoms with Crippen molar-refractivity contribution < 1.29 is 38.5 Å². The van der Waals surface area contributed by atoms with E-state index in [4.69, 9.17) is 38.5 Å². The minimum atomic E-state index is -5.14. The van der Waals surface area contributed by atoms with Crippen LogP contribution in [0, 0.1) is 0 Å². The van der Waals surface area contributed by atoms with Crippen LogP contribution in [-0.2, 0) is 9.13 Å². The van der Waals surface area contributed by atoms with Crippen molar-refractivity contribution in [2.45, 2.75) is 0 Å². The second-order valence-electron chi connectivity index (χ2n) is 0.982. The molecule has 0 bridgehead atoms. The Balaban J connectivity index is -0.000000107. The topological polar surface area (TPSA) is 161 Å². The van der Waals surface area contributed by atoms with Gasteiger partial charge in [-0.3, -0.25) is 0 Å². The van der Waals surface area contributed by atoms with E-state index in [-0.39, 0.29) is 37.7 Å². The summed E-state index contributed by atoms with van der Waals surface area (Å²) >= 11 is 0. The fourth-order valence-corrected chi connectivity index (χ4v) is 0. The molecular formula is H4CaO8P2. The van der Waals surface area contributed by atoms with Gasteiger partial charge in [0, 0.05) is 0 Å². The van der Waals surface area contributed by atoms with Crippen LogP contribution in [0.1, 0.15) is 0 Å². The molecule has 0 saturated heterocycles. The molecule has 0 fully saturated rings. The van der Waals surface area contributed by atoms with E-state index in [2.05, 4.69) is 0 Å². The molecule has 0 heterocycles. The van der Waals surface area contributed by atoms with Gasteiger partial charge < -0.3 is 33.9 Å². The second-order valence-corrected chi connectivity index (χ2v) is 2.95. The molecule has 0 amide bonds. The Bertz CT molecular complexity index is 124. The van der Waals surface area contributed by atoms with Crippen LogP contribution >= 0.6 is 15.6 Å². The van der Waals surface area contributed by atoms with Crippen LogP contribution in [0.3, 0.4) is 0 Å². The van der Waals surface area contributed by atoms with Gasteiger partial charge in [-0.15, -0.1) is 0 Å². The van der Waals surface area contributed by atoms with Crippen LogP contribution in [0.15, 0.2) is 0 Å². The third-order valence-corrected chi connectivity index (χ3v) is 0. The summed E-state index contributed by atoms with van der Waals surface area (Å²) in [6.45, 7) is 0. The standard InChI is InChI=1S/Ca.2H3O4P/c;2*1-5(2,3)4/h;2*(H3,1,2,3,4)/q+2;;/p-2. The first-order valence-electron chi connectivity index (χ1n) is 1.53. The monoisotopic (exact) mass is 234 g/mol. The largest absolute Gasteiger partial charge is 2.00 e. The van der Waals surface area contributed by atoms with E-state index < -0.39 is 15.6 Å². The molecular weight excluding hydrogens is 230 g/mol. The molecule has 11 heteroatoms. The zero-order valence-corrected chi connectivity index (χ0v) is 9.02. The van der Waals surface area contributed by atoms with Crippen LogP contribution in [0.4, 0.5) is 0 Å². The van der Waals surface area contributed by atoms with Crippen molar-refractivity contribution in [2.75, 3.05) is 0 Å². The van der Waals surface area contributed by atoms with E-state index in [1.54, 1.807) is 0 Å². The molecule has 0 rings (SSSR count). The van der Waals surface area contributed by atoms with Gasteiger partial charge >= 0.3 is 45.6 Å². The zero-order chi connectivity index (χ0) is 9.00. The summed E-state index contributed by atoms with van der Waals surface area (Å²) in [6.07, 6.45) is 0. The third kappa shape index (κ3) is 471. The quantitative estimate of drug-likeness (QED) is 0.248. The van der Waals surface area contributed by atoms with E-state index in [9.17, 15) is 0 Å². The van der Waals surface area contributed by atoms with Crippen molar-refractivity contribution in [3.63, 3.8) is 0 Å². The molecule has 11 heavy (non-hydrogen) atoms. The minimum absolute atomic E-state index is 0. The smallest absolute Gasteiger partial charge is 0.790 e. The second kappa shape index (κ2) is 6.94. The summed E-state index contributed by atoms with van der Waals surface area (Å²) in [7, 11) is -9.78. The Hall–Kier alpha value is 1.48. The predicted octanol–water partition coefficient (Wildman–Crippen LogP) is -3.50. The zero-order valence-electron chi connectivity index (χ0n) is 5.02. The maximum Gasteiger partial charge on any atom is 2.00 e. The number of rotatable bonds is 0. The molecule has 0 aliphatic carbocycles. The molecule has 0 aromatic carbocycles. The Morgan fingerprint density at radius 2 is 0.909 bits per heavy atom. The molecule has 64 valence electrons. The first-order valence-corrected chi connectivity index (χ1v) is 4.59. The molecule has 0 aromatic heterocycles. The molecule has 0 aromatic rings. The average molecular weight is 234 g/mol. The number of hydrogen-bond donors (Lipinski definition) is 4. The normalized spacial score (nSPS) is 10.7. The fraction of sp³-hybridized carbons (Fsp3) is 0. The van der Waals surface area contributed by atoms with Gasteiger partial charge in [-0.25, -0.2) is 4.57 Å². The maximum atomic E-state index is 8.88. The first-order chi connectivity index (χ1) is 4.00. The van der Waals surface area contributed by atoms with Crippen LogP contribution in [0.2, 0.25) is 0 Å². The van der Waals surface area contributed by atoms with Crippen molar-refractivity contribution in [2.24, 2.45) is 0 Å². The van der Waals surface area contributed by atoms with Gasteiger partial charge in [-0.05, 0) is 0 Å². The van der Waals surface area contributed by atoms with E-state index in [1.165, 1.54) is 0 Å². The van der Waals surface area contributed by atoms with Crippen molar-refractivity contribution in [3.05, 3.63) is 0 Å². The molecule has 0 spiro atoms. The predicted molar refractivity (Wildman–Crippen MR) is 29.8 cm³/mol. The van der Waals surface area contributed by atoms with Crippen molar-refractivity contribution >= 4 is 53.4 Å². The minimum Gasteiger partial charge on any atom is -0.790 e. The molecule has 4 N–H and O–H groups in total. The Morgan fingerprint density at radius 1 is 0.909 bits per heavy atom. The summed E-state index contributed by atoms with van der Waals surface area (Å²) in [4.78, 5) is 45.8. The van der Waals surface area contributed by atoms with E-state index in [0.717, 1.165) is 0 Å². The Morgan fingerprint density at radius 3 is 0.909 bits per heavy atom. The third-order valence-electron chi connectivity index (χ3n) is 0. The first kappa shape index (κ1) is 18.3. The summed E-state index contributed by atoms with van der Waals surface area (Å²) < 4.78 is 17.5. The molecule has 0 aliphatic rings. The van der Waals surface area contributed by atoms with Crippen LogP contribution in [0.25, 0.3) is 0 Å². The van der Waals surface area contributed by atoms with Gasteiger partial charge in [-0.2, -0.15) is 0 Å². The molecule has 0 aliphatic heterocycles. The van der Waals surface area contributed by atoms with Gasteiger partial charge in [0.05, 0.1) is 7.82 Å². The SMILES string of the molecule is O=P(O)(O)O.O=P([O-])([O-])O.[Ca+2]. The summed E-state index contributed by atoms with van der Waals surface area (Å²) in [5.41, 5.74) is 0. The van der Waals surface area contributed by atoms with Crippen molar-refractivity contribution in [1.82, 2.24) is 0 Å². The van der Waals surface area contributed by atoms with Crippen molar-refractivity contribution in [3.8, 4) is 0 Å². The summed E-state index contributed by atoms with van der Waals surface area (Å²) in [5.74, 6) is 0. The van der Waals surface area contributed by atoms with Crippen LogP contribution < -0.4 is 9.79 Å². The molecule has 0 unspecified atom stereocenters. The van der Waals surface area contributed by atoms with Gasteiger partial charge in [-0.1, -0.05) is 0 Å². The van der Waals surface area contributed by atoms with Crippen LogP contribution in [-0.4, -0.2) is 57.3 Å².